The zero-order chi connectivity index (χ0) is 33.1. The standard InChI is InChI=1S/C49H32S/c1-49(2)41-25-12-11-19-33(41)39-28-40-44-32-18-6-4-15-30(32)26-27-42(44)50-48(40)46(47(39)49)45-37-22-9-7-20-35(37)43(36-21-8-10-23-38(36)45)34-24-13-16-29-14-3-5-17-31(29)34/h3-28H,1-2H3. The molecule has 1 aliphatic rings. The van der Waals surface area contributed by atoms with Crippen LogP contribution in [0.1, 0.15) is 25.0 Å². The average Bonchev–Trinajstić information content (AvgIpc) is 3.65. The average molecular weight is 653 g/mol. The second kappa shape index (κ2) is 10.1. The van der Waals surface area contributed by atoms with Crippen LogP contribution < -0.4 is 0 Å². The predicted molar refractivity (Wildman–Crippen MR) is 218 cm³/mol. The Kier molecular flexibility index (Phi) is 5.70. The van der Waals surface area contributed by atoms with Crippen molar-refractivity contribution in [2.24, 2.45) is 0 Å². The molecule has 0 aliphatic heterocycles. The smallest absolute Gasteiger partial charge is 0.0438 e. The van der Waals surface area contributed by atoms with E-state index in [-0.39, 0.29) is 5.41 Å². The lowest BCUT2D eigenvalue weighted by molar-refractivity contribution is 0.663. The fraction of sp³-hybridized carbons (Fsp3) is 0.0612. The molecule has 1 aliphatic carbocycles. The van der Waals surface area contributed by atoms with Crippen molar-refractivity contribution in [1.29, 1.82) is 0 Å². The van der Waals surface area contributed by atoms with E-state index in [1.807, 2.05) is 11.3 Å². The van der Waals surface area contributed by atoms with Gasteiger partial charge < -0.3 is 0 Å². The minimum absolute atomic E-state index is 0.176. The molecule has 0 atom stereocenters. The Hall–Kier alpha value is -5.76. The summed E-state index contributed by atoms with van der Waals surface area (Å²) in [5.41, 5.74) is 10.7. The lowest BCUT2D eigenvalue weighted by Crippen LogP contribution is -2.16. The fourth-order valence-electron chi connectivity index (χ4n) is 9.31. The van der Waals surface area contributed by atoms with Gasteiger partial charge in [-0.1, -0.05) is 159 Å². The molecule has 9 aromatic carbocycles. The van der Waals surface area contributed by atoms with Gasteiger partial charge in [0.15, 0.2) is 0 Å². The number of benzene rings is 9. The summed E-state index contributed by atoms with van der Waals surface area (Å²) < 4.78 is 2.72. The van der Waals surface area contributed by atoms with Crippen LogP contribution in [-0.2, 0) is 5.41 Å². The maximum Gasteiger partial charge on any atom is 0.0438 e. The maximum atomic E-state index is 2.53. The third-order valence-corrected chi connectivity index (χ3v) is 12.6. The summed E-state index contributed by atoms with van der Waals surface area (Å²) in [5, 5.41) is 13.1. The van der Waals surface area contributed by atoms with Gasteiger partial charge in [-0.3, -0.25) is 0 Å². The Balaban J connectivity index is 1.38. The number of hydrogen-bond acceptors (Lipinski definition) is 1. The minimum Gasteiger partial charge on any atom is -0.134 e. The molecule has 10 aromatic rings. The number of thiophene rings is 1. The molecule has 0 unspecified atom stereocenters. The van der Waals surface area contributed by atoms with Gasteiger partial charge >= 0.3 is 0 Å². The summed E-state index contributed by atoms with van der Waals surface area (Å²) >= 11 is 1.96. The van der Waals surface area contributed by atoms with Gasteiger partial charge in [-0.05, 0) is 94.2 Å². The first-order chi connectivity index (χ1) is 24.6. The summed E-state index contributed by atoms with van der Waals surface area (Å²) in [4.78, 5) is 0. The molecule has 0 radical (unpaired) electrons. The van der Waals surface area contributed by atoms with Crippen molar-refractivity contribution in [1.82, 2.24) is 0 Å². The van der Waals surface area contributed by atoms with Crippen molar-refractivity contribution in [3.05, 3.63) is 169 Å². The maximum absolute atomic E-state index is 2.53. The minimum atomic E-state index is -0.176. The molecule has 11 rings (SSSR count). The van der Waals surface area contributed by atoms with E-state index in [2.05, 4.69) is 172 Å². The van der Waals surface area contributed by atoms with Gasteiger partial charge in [-0.2, -0.15) is 0 Å². The lowest BCUT2D eigenvalue weighted by atomic mass is 9.76. The van der Waals surface area contributed by atoms with Crippen LogP contribution in [0.25, 0.3) is 96.6 Å². The van der Waals surface area contributed by atoms with E-state index in [1.54, 1.807) is 0 Å². The molecule has 0 amide bonds. The van der Waals surface area contributed by atoms with Crippen molar-refractivity contribution in [3.8, 4) is 33.4 Å². The van der Waals surface area contributed by atoms with E-state index in [0.29, 0.717) is 0 Å². The molecule has 1 aromatic heterocycles. The summed E-state index contributed by atoms with van der Waals surface area (Å²) in [5.74, 6) is 0. The molecule has 0 saturated carbocycles. The van der Waals surface area contributed by atoms with Gasteiger partial charge in [-0.15, -0.1) is 11.3 Å². The molecule has 1 heteroatoms. The largest absolute Gasteiger partial charge is 0.134 e. The van der Waals surface area contributed by atoms with Crippen LogP contribution in [-0.4, -0.2) is 0 Å². The Morgan fingerprint density at radius 1 is 0.400 bits per heavy atom. The quantitative estimate of drug-likeness (QED) is 0.163. The first-order valence-electron chi connectivity index (χ1n) is 17.5. The van der Waals surface area contributed by atoms with Crippen LogP contribution >= 0.6 is 11.3 Å². The van der Waals surface area contributed by atoms with E-state index in [1.165, 1.54) is 108 Å². The van der Waals surface area contributed by atoms with Crippen LogP contribution in [0.4, 0.5) is 0 Å². The van der Waals surface area contributed by atoms with E-state index in [9.17, 15) is 0 Å². The van der Waals surface area contributed by atoms with Crippen molar-refractivity contribution in [3.63, 3.8) is 0 Å². The third kappa shape index (κ3) is 3.65. The second-order valence-corrected chi connectivity index (χ2v) is 15.4. The first-order valence-corrected chi connectivity index (χ1v) is 18.3. The van der Waals surface area contributed by atoms with Gasteiger partial charge in [0.2, 0.25) is 0 Å². The highest BCUT2D eigenvalue weighted by Crippen LogP contribution is 2.59. The van der Waals surface area contributed by atoms with Crippen molar-refractivity contribution < 1.29 is 0 Å². The molecule has 0 fully saturated rings. The Bertz CT molecular complexity index is 3000. The highest BCUT2D eigenvalue weighted by atomic mass is 32.1. The molecular formula is C49H32S. The summed E-state index contributed by atoms with van der Waals surface area (Å²) in [6.45, 7) is 4.87. The molecule has 0 N–H and O–H groups in total. The molecule has 0 spiro atoms. The highest BCUT2D eigenvalue weighted by molar-refractivity contribution is 7.26. The van der Waals surface area contributed by atoms with Crippen LogP contribution in [0.15, 0.2) is 158 Å². The fourth-order valence-corrected chi connectivity index (χ4v) is 10.6. The van der Waals surface area contributed by atoms with Crippen LogP contribution in [0, 0.1) is 0 Å². The molecule has 0 saturated heterocycles. The summed E-state index contributed by atoms with van der Waals surface area (Å²) in [6, 6.07) is 59.0. The van der Waals surface area contributed by atoms with Gasteiger partial charge in [0.1, 0.15) is 0 Å². The number of rotatable bonds is 2. The molecular weight excluding hydrogens is 621 g/mol. The summed E-state index contributed by atoms with van der Waals surface area (Å²) in [7, 11) is 0. The number of fused-ring (bicyclic) bond motifs is 11. The van der Waals surface area contributed by atoms with Gasteiger partial charge in [0, 0.05) is 31.2 Å². The second-order valence-electron chi connectivity index (χ2n) is 14.4. The predicted octanol–water partition coefficient (Wildman–Crippen LogP) is 14.3. The van der Waals surface area contributed by atoms with Crippen molar-refractivity contribution in [2.45, 2.75) is 19.3 Å². The van der Waals surface area contributed by atoms with E-state index >= 15 is 0 Å². The van der Waals surface area contributed by atoms with Gasteiger partial charge in [-0.25, -0.2) is 0 Å². The van der Waals surface area contributed by atoms with Crippen LogP contribution in [0.5, 0.6) is 0 Å². The topological polar surface area (TPSA) is 0 Å². The zero-order valence-corrected chi connectivity index (χ0v) is 28.7. The van der Waals surface area contributed by atoms with Gasteiger partial charge in [0.25, 0.3) is 0 Å². The highest BCUT2D eigenvalue weighted by Gasteiger charge is 2.40. The Morgan fingerprint density at radius 2 is 0.940 bits per heavy atom. The lowest BCUT2D eigenvalue weighted by Gasteiger charge is -2.27. The van der Waals surface area contributed by atoms with Gasteiger partial charge in [0.05, 0.1) is 0 Å². The molecule has 1 heterocycles. The van der Waals surface area contributed by atoms with E-state index in [4.69, 9.17) is 0 Å². The first kappa shape index (κ1) is 28.1. The molecule has 50 heavy (non-hydrogen) atoms. The van der Waals surface area contributed by atoms with Crippen LogP contribution in [0.3, 0.4) is 0 Å². The molecule has 0 bridgehead atoms. The van der Waals surface area contributed by atoms with Crippen molar-refractivity contribution in [2.75, 3.05) is 0 Å². The third-order valence-electron chi connectivity index (χ3n) is 11.4. The monoisotopic (exact) mass is 652 g/mol. The molecule has 0 nitrogen and oxygen atoms in total. The normalized spacial score (nSPS) is 13.6. The Morgan fingerprint density at radius 3 is 1.66 bits per heavy atom. The number of hydrogen-bond donors (Lipinski definition) is 0. The Labute approximate surface area is 294 Å². The van der Waals surface area contributed by atoms with Crippen molar-refractivity contribution >= 4 is 74.6 Å². The molecule has 234 valence electrons. The van der Waals surface area contributed by atoms with E-state index in [0.717, 1.165) is 0 Å². The SMILES string of the molecule is CC1(C)c2ccccc2-c2cc3c(sc4ccc5ccccc5c43)c(-c3c4ccccc4c(-c4cccc5ccccc45)c4ccccc34)c21. The van der Waals surface area contributed by atoms with Crippen LogP contribution in [0.2, 0.25) is 0 Å². The van der Waals surface area contributed by atoms with E-state index < -0.39 is 0 Å². The zero-order valence-electron chi connectivity index (χ0n) is 27.9. The summed E-state index contributed by atoms with van der Waals surface area (Å²) in [6.07, 6.45) is 0.